The Bertz CT molecular complexity index is 397. The number of hydrogen-bond donors (Lipinski definition) is 1. The van der Waals surface area contributed by atoms with Crippen LogP contribution >= 0.6 is 11.6 Å². The number of benzene rings is 1. The topological polar surface area (TPSA) is 29.3 Å². The summed E-state index contributed by atoms with van der Waals surface area (Å²) < 4.78 is 0. The zero-order chi connectivity index (χ0) is 13.1. The van der Waals surface area contributed by atoms with Crippen LogP contribution in [0, 0.1) is 5.92 Å². The van der Waals surface area contributed by atoms with E-state index < -0.39 is 0 Å². The minimum atomic E-state index is 0.0561. The highest BCUT2D eigenvalue weighted by molar-refractivity contribution is 6.30. The summed E-state index contributed by atoms with van der Waals surface area (Å²) in [5.41, 5.74) is 8.80. The largest absolute Gasteiger partial charge is 0.371 e. The summed E-state index contributed by atoms with van der Waals surface area (Å²) in [5, 5.41) is 0.779. The van der Waals surface area contributed by atoms with Crippen molar-refractivity contribution in [2.45, 2.75) is 39.2 Å². The van der Waals surface area contributed by atoms with Gasteiger partial charge in [0.2, 0.25) is 0 Å². The van der Waals surface area contributed by atoms with Crippen LogP contribution in [0.5, 0.6) is 0 Å². The fraction of sp³-hybridized carbons (Fsp3) is 0.600. The lowest BCUT2D eigenvalue weighted by Crippen LogP contribution is -2.31. The van der Waals surface area contributed by atoms with Gasteiger partial charge in [-0.3, -0.25) is 0 Å². The molecule has 1 aliphatic rings. The molecule has 1 fully saturated rings. The Balaban J connectivity index is 2.33. The Labute approximate surface area is 115 Å². The summed E-state index contributed by atoms with van der Waals surface area (Å²) in [6, 6.07) is 6.20. The molecule has 2 rings (SSSR count). The van der Waals surface area contributed by atoms with Gasteiger partial charge in [-0.05, 0) is 48.9 Å². The summed E-state index contributed by atoms with van der Waals surface area (Å²) in [6.45, 7) is 6.59. The van der Waals surface area contributed by atoms with Crippen LogP contribution in [-0.2, 0) is 0 Å². The highest BCUT2D eigenvalue weighted by Crippen LogP contribution is 2.33. The fourth-order valence-corrected chi connectivity index (χ4v) is 2.75. The van der Waals surface area contributed by atoms with Gasteiger partial charge in [0.1, 0.15) is 0 Å². The molecule has 1 heterocycles. The van der Waals surface area contributed by atoms with Gasteiger partial charge in [0.05, 0.1) is 0 Å². The highest BCUT2D eigenvalue weighted by atomic mass is 35.5. The quantitative estimate of drug-likeness (QED) is 0.896. The molecule has 2 N–H and O–H groups in total. The molecule has 1 saturated heterocycles. The van der Waals surface area contributed by atoms with Gasteiger partial charge >= 0.3 is 0 Å². The van der Waals surface area contributed by atoms with Crippen molar-refractivity contribution >= 4 is 17.3 Å². The van der Waals surface area contributed by atoms with Crippen molar-refractivity contribution in [3.63, 3.8) is 0 Å². The predicted molar refractivity (Wildman–Crippen MR) is 79.3 cm³/mol. The maximum Gasteiger partial charge on any atom is 0.0415 e. The van der Waals surface area contributed by atoms with Crippen LogP contribution in [0.15, 0.2) is 18.2 Å². The first-order valence-electron chi connectivity index (χ1n) is 6.89. The van der Waals surface area contributed by atoms with Crippen molar-refractivity contribution in [2.24, 2.45) is 11.7 Å². The van der Waals surface area contributed by atoms with E-state index in [0.29, 0.717) is 5.92 Å². The number of rotatable bonds is 3. The van der Waals surface area contributed by atoms with Gasteiger partial charge in [-0.25, -0.2) is 0 Å². The van der Waals surface area contributed by atoms with E-state index >= 15 is 0 Å². The van der Waals surface area contributed by atoms with Crippen LogP contribution in [0.2, 0.25) is 5.02 Å². The minimum absolute atomic E-state index is 0.0561. The maximum absolute atomic E-state index is 6.33. The zero-order valence-corrected chi connectivity index (χ0v) is 12.1. The van der Waals surface area contributed by atoms with Crippen molar-refractivity contribution < 1.29 is 0 Å². The second-order valence-electron chi connectivity index (χ2n) is 5.52. The summed E-state index contributed by atoms with van der Waals surface area (Å²) in [5.74, 6) is 0.423. The molecule has 1 aliphatic heterocycles. The lowest BCUT2D eigenvalue weighted by Gasteiger charge is -2.32. The van der Waals surface area contributed by atoms with E-state index in [-0.39, 0.29) is 6.04 Å². The van der Waals surface area contributed by atoms with E-state index in [0.717, 1.165) is 18.1 Å². The van der Waals surface area contributed by atoms with Gasteiger partial charge in [0, 0.05) is 29.8 Å². The third-order valence-corrected chi connectivity index (χ3v) is 4.00. The normalized spacial score (nSPS) is 18.2. The van der Waals surface area contributed by atoms with E-state index in [9.17, 15) is 0 Å². The molecule has 0 spiro atoms. The van der Waals surface area contributed by atoms with Gasteiger partial charge in [0.15, 0.2) is 0 Å². The van der Waals surface area contributed by atoms with E-state index in [4.69, 9.17) is 17.3 Å². The van der Waals surface area contributed by atoms with E-state index in [2.05, 4.69) is 24.8 Å². The number of hydrogen-bond acceptors (Lipinski definition) is 2. The van der Waals surface area contributed by atoms with Crippen molar-refractivity contribution in [3.8, 4) is 0 Å². The molecular formula is C15H23ClN2. The fourth-order valence-electron chi connectivity index (χ4n) is 2.57. The van der Waals surface area contributed by atoms with Crippen LogP contribution < -0.4 is 10.6 Å². The lowest BCUT2D eigenvalue weighted by atomic mass is 9.94. The molecule has 1 aromatic rings. The summed E-state index contributed by atoms with van der Waals surface area (Å²) >= 11 is 6.13. The molecule has 0 aliphatic carbocycles. The predicted octanol–water partition coefficient (Wildman–Crippen LogP) is 3.99. The third-order valence-electron chi connectivity index (χ3n) is 3.76. The second-order valence-corrected chi connectivity index (χ2v) is 5.96. The van der Waals surface area contributed by atoms with Crippen molar-refractivity contribution in [3.05, 3.63) is 28.8 Å². The average molecular weight is 267 g/mol. The van der Waals surface area contributed by atoms with Crippen LogP contribution in [0.4, 0.5) is 5.69 Å². The Hall–Kier alpha value is -0.730. The molecule has 0 amide bonds. The molecule has 0 unspecified atom stereocenters. The molecule has 0 bridgehead atoms. The average Bonchev–Trinajstić information content (AvgIpc) is 2.38. The molecule has 100 valence electrons. The smallest absolute Gasteiger partial charge is 0.0415 e. The van der Waals surface area contributed by atoms with Crippen LogP contribution in [-0.4, -0.2) is 13.1 Å². The van der Waals surface area contributed by atoms with E-state index in [1.54, 1.807) is 0 Å². The minimum Gasteiger partial charge on any atom is -0.371 e. The number of nitrogens with two attached hydrogens (primary N) is 1. The lowest BCUT2D eigenvalue weighted by molar-refractivity contribution is 0.509. The molecule has 1 atom stereocenters. The van der Waals surface area contributed by atoms with Crippen molar-refractivity contribution in [1.29, 1.82) is 0 Å². The summed E-state index contributed by atoms with van der Waals surface area (Å²) in [7, 11) is 0. The highest BCUT2D eigenvalue weighted by Gasteiger charge is 2.20. The Morgan fingerprint density at radius 2 is 1.83 bits per heavy atom. The second kappa shape index (κ2) is 5.94. The molecule has 0 radical (unpaired) electrons. The third kappa shape index (κ3) is 2.99. The first-order valence-corrected chi connectivity index (χ1v) is 7.27. The monoisotopic (exact) mass is 266 g/mol. The first-order chi connectivity index (χ1) is 8.59. The van der Waals surface area contributed by atoms with E-state index in [1.807, 2.05) is 12.1 Å². The molecule has 0 aromatic heterocycles. The summed E-state index contributed by atoms with van der Waals surface area (Å²) in [6.07, 6.45) is 3.90. The number of anilines is 1. The van der Waals surface area contributed by atoms with Gasteiger partial charge in [-0.2, -0.15) is 0 Å². The van der Waals surface area contributed by atoms with E-state index in [1.165, 1.54) is 30.5 Å². The van der Waals surface area contributed by atoms with Gasteiger partial charge in [0.25, 0.3) is 0 Å². The summed E-state index contributed by atoms with van der Waals surface area (Å²) in [4.78, 5) is 2.46. The van der Waals surface area contributed by atoms with Gasteiger partial charge in [-0.1, -0.05) is 25.4 Å². The Morgan fingerprint density at radius 1 is 1.17 bits per heavy atom. The number of halogens is 1. The van der Waals surface area contributed by atoms with Crippen molar-refractivity contribution in [2.75, 3.05) is 18.0 Å². The van der Waals surface area contributed by atoms with Crippen LogP contribution in [0.3, 0.4) is 0 Å². The van der Waals surface area contributed by atoms with Crippen LogP contribution in [0.25, 0.3) is 0 Å². The number of piperidine rings is 1. The van der Waals surface area contributed by atoms with Gasteiger partial charge in [-0.15, -0.1) is 0 Å². The molecule has 2 nitrogen and oxygen atoms in total. The number of nitrogens with zero attached hydrogens (tertiary/aromatic N) is 1. The SMILES string of the molecule is CC(C)[C@H](N)c1cc(Cl)ccc1N1CCCCC1. The maximum atomic E-state index is 6.33. The first kappa shape index (κ1) is 13.7. The van der Waals surface area contributed by atoms with Crippen LogP contribution in [0.1, 0.15) is 44.7 Å². The Kier molecular flexibility index (Phi) is 4.52. The standard InChI is InChI=1S/C15H23ClN2/c1-11(2)15(17)13-10-12(16)6-7-14(13)18-8-4-3-5-9-18/h6-7,10-11,15H,3-5,8-9,17H2,1-2H3/t15-/m0/s1. The molecule has 18 heavy (non-hydrogen) atoms. The molecule has 3 heteroatoms. The molecule has 1 aromatic carbocycles. The molecule has 0 saturated carbocycles. The van der Waals surface area contributed by atoms with Crippen molar-refractivity contribution in [1.82, 2.24) is 0 Å². The van der Waals surface area contributed by atoms with Gasteiger partial charge < -0.3 is 10.6 Å². The zero-order valence-electron chi connectivity index (χ0n) is 11.3. The molecular weight excluding hydrogens is 244 g/mol. The Morgan fingerprint density at radius 3 is 2.44 bits per heavy atom.